The Bertz CT molecular complexity index is 438. The smallest absolute Gasteiger partial charge is 0.257 e. The predicted octanol–water partition coefficient (Wildman–Crippen LogP) is 1.48. The summed E-state index contributed by atoms with van der Waals surface area (Å²) in [6.07, 6.45) is 2.39. The van der Waals surface area contributed by atoms with E-state index in [1.165, 1.54) is 12.1 Å². The monoisotopic (exact) mass is 267 g/mol. The van der Waals surface area contributed by atoms with E-state index in [2.05, 4.69) is 5.32 Å². The Hall–Kier alpha value is -1.62. The number of rotatable bonds is 5. The predicted molar refractivity (Wildman–Crippen MR) is 68.3 cm³/mol. The Morgan fingerprint density at radius 3 is 2.89 bits per heavy atom. The van der Waals surface area contributed by atoms with Crippen LogP contribution in [0.5, 0.6) is 5.75 Å². The zero-order valence-corrected chi connectivity index (χ0v) is 10.6. The van der Waals surface area contributed by atoms with E-state index in [0.717, 1.165) is 19.3 Å². The van der Waals surface area contributed by atoms with Crippen LogP contribution in [0.3, 0.4) is 0 Å². The maximum atomic E-state index is 13.2. The summed E-state index contributed by atoms with van der Waals surface area (Å²) in [5.41, 5.74) is 0. The average Bonchev–Trinajstić information content (AvgIpc) is 2.81. The Kier molecular flexibility index (Phi) is 4.74. The Morgan fingerprint density at radius 1 is 1.42 bits per heavy atom. The minimum atomic E-state index is -0.485. The first-order valence-electron chi connectivity index (χ1n) is 6.49. The van der Waals surface area contributed by atoms with Crippen molar-refractivity contribution in [3.8, 4) is 5.75 Å². The van der Waals surface area contributed by atoms with Crippen LogP contribution in [0.25, 0.3) is 0 Å². The lowest BCUT2D eigenvalue weighted by Gasteiger charge is -2.15. The maximum absolute atomic E-state index is 13.2. The van der Waals surface area contributed by atoms with Gasteiger partial charge in [0.15, 0.2) is 18.2 Å². The second-order valence-electron chi connectivity index (χ2n) is 4.78. The van der Waals surface area contributed by atoms with Crippen molar-refractivity contribution in [2.45, 2.75) is 25.4 Å². The van der Waals surface area contributed by atoms with E-state index in [1.54, 1.807) is 12.1 Å². The van der Waals surface area contributed by atoms with Crippen LogP contribution in [0.4, 0.5) is 4.39 Å². The molecule has 2 N–H and O–H groups in total. The van der Waals surface area contributed by atoms with Gasteiger partial charge in [0, 0.05) is 12.5 Å². The van der Waals surface area contributed by atoms with Gasteiger partial charge >= 0.3 is 0 Å². The summed E-state index contributed by atoms with van der Waals surface area (Å²) in [5.74, 6) is -0.597. The summed E-state index contributed by atoms with van der Waals surface area (Å²) in [5, 5.41) is 12.3. The largest absolute Gasteiger partial charge is 0.481 e. The summed E-state index contributed by atoms with van der Waals surface area (Å²) in [6, 6.07) is 5.96. The number of aliphatic hydroxyl groups is 1. The van der Waals surface area contributed by atoms with Gasteiger partial charge in [0.1, 0.15) is 0 Å². The maximum Gasteiger partial charge on any atom is 0.257 e. The second kappa shape index (κ2) is 6.52. The highest BCUT2D eigenvalue weighted by molar-refractivity contribution is 5.77. The molecule has 2 unspecified atom stereocenters. The van der Waals surface area contributed by atoms with Gasteiger partial charge in [-0.1, -0.05) is 18.6 Å². The first-order valence-corrected chi connectivity index (χ1v) is 6.49. The number of hydrogen-bond donors (Lipinski definition) is 2. The fraction of sp³-hybridized carbons (Fsp3) is 0.500. The van der Waals surface area contributed by atoms with Gasteiger partial charge in [-0.15, -0.1) is 0 Å². The lowest BCUT2D eigenvalue weighted by molar-refractivity contribution is -0.123. The molecule has 1 saturated carbocycles. The minimum absolute atomic E-state index is 0.0681. The molecular weight excluding hydrogens is 249 g/mol. The van der Waals surface area contributed by atoms with Crippen molar-refractivity contribution in [3.63, 3.8) is 0 Å². The number of aliphatic hydroxyl groups excluding tert-OH is 1. The average molecular weight is 267 g/mol. The number of carbonyl (C=O) groups excluding carboxylic acids is 1. The summed E-state index contributed by atoms with van der Waals surface area (Å²) >= 11 is 0. The van der Waals surface area contributed by atoms with Crippen molar-refractivity contribution in [3.05, 3.63) is 30.1 Å². The van der Waals surface area contributed by atoms with Crippen LogP contribution in [-0.4, -0.2) is 30.3 Å². The van der Waals surface area contributed by atoms with Gasteiger partial charge in [-0.2, -0.15) is 0 Å². The molecule has 1 amide bonds. The first kappa shape index (κ1) is 13.8. The zero-order valence-electron chi connectivity index (χ0n) is 10.6. The van der Waals surface area contributed by atoms with Gasteiger partial charge in [0.05, 0.1) is 6.10 Å². The molecule has 1 fully saturated rings. The lowest BCUT2D eigenvalue weighted by atomic mass is 10.1. The fourth-order valence-electron chi connectivity index (χ4n) is 2.26. The van der Waals surface area contributed by atoms with E-state index in [-0.39, 0.29) is 30.3 Å². The van der Waals surface area contributed by atoms with Crippen molar-refractivity contribution >= 4 is 5.91 Å². The number of nitrogens with one attached hydrogen (secondary N) is 1. The number of hydrogen-bond acceptors (Lipinski definition) is 3. The molecule has 19 heavy (non-hydrogen) atoms. The minimum Gasteiger partial charge on any atom is -0.481 e. The standard InChI is InChI=1S/C14H18FNO3/c15-11-5-1-2-7-13(11)19-9-14(18)16-8-10-4-3-6-12(10)17/h1-2,5,7,10,12,17H,3-4,6,8-9H2,(H,16,18). The van der Waals surface area contributed by atoms with Crippen molar-refractivity contribution in [1.29, 1.82) is 0 Å². The van der Waals surface area contributed by atoms with E-state index in [9.17, 15) is 14.3 Å². The summed E-state index contributed by atoms with van der Waals surface area (Å²) in [4.78, 5) is 11.6. The lowest BCUT2D eigenvalue weighted by Crippen LogP contribution is -2.35. The van der Waals surface area contributed by atoms with E-state index in [1.807, 2.05) is 0 Å². The number of para-hydroxylation sites is 1. The SMILES string of the molecule is O=C(COc1ccccc1F)NCC1CCCC1O. The third-order valence-electron chi connectivity index (χ3n) is 3.38. The Morgan fingerprint density at radius 2 is 2.21 bits per heavy atom. The van der Waals surface area contributed by atoms with Gasteiger partial charge in [-0.3, -0.25) is 4.79 Å². The van der Waals surface area contributed by atoms with Crippen molar-refractivity contribution < 1.29 is 19.0 Å². The van der Waals surface area contributed by atoms with Crippen LogP contribution in [0.1, 0.15) is 19.3 Å². The van der Waals surface area contributed by atoms with Gasteiger partial charge < -0.3 is 15.2 Å². The van der Waals surface area contributed by atoms with Crippen LogP contribution in [-0.2, 0) is 4.79 Å². The van der Waals surface area contributed by atoms with Gasteiger partial charge in [0.2, 0.25) is 0 Å². The first-order chi connectivity index (χ1) is 9.16. The summed E-state index contributed by atoms with van der Waals surface area (Å²) < 4.78 is 18.3. The van der Waals surface area contributed by atoms with E-state index >= 15 is 0 Å². The molecule has 0 aliphatic heterocycles. The number of halogens is 1. The molecule has 1 aromatic carbocycles. The molecule has 0 radical (unpaired) electrons. The molecule has 0 bridgehead atoms. The summed E-state index contributed by atoms with van der Waals surface area (Å²) in [7, 11) is 0. The van der Waals surface area contributed by atoms with Crippen LogP contribution in [0, 0.1) is 11.7 Å². The fourth-order valence-corrected chi connectivity index (χ4v) is 2.26. The third-order valence-corrected chi connectivity index (χ3v) is 3.38. The molecule has 2 rings (SSSR count). The van der Waals surface area contributed by atoms with Gasteiger partial charge in [-0.25, -0.2) is 4.39 Å². The molecule has 104 valence electrons. The normalized spacial score (nSPS) is 22.2. The van der Waals surface area contributed by atoms with Gasteiger partial charge in [0.25, 0.3) is 5.91 Å². The quantitative estimate of drug-likeness (QED) is 0.849. The van der Waals surface area contributed by atoms with Crippen molar-refractivity contribution in [2.24, 2.45) is 5.92 Å². The molecule has 0 heterocycles. The number of amides is 1. The molecule has 4 nitrogen and oxygen atoms in total. The van der Waals surface area contributed by atoms with E-state index in [4.69, 9.17) is 4.74 Å². The molecule has 2 atom stereocenters. The summed E-state index contributed by atoms with van der Waals surface area (Å²) in [6.45, 7) is 0.227. The highest BCUT2D eigenvalue weighted by Crippen LogP contribution is 2.24. The third kappa shape index (κ3) is 3.92. The van der Waals surface area contributed by atoms with Crippen LogP contribution in [0.15, 0.2) is 24.3 Å². The zero-order chi connectivity index (χ0) is 13.7. The highest BCUT2D eigenvalue weighted by atomic mass is 19.1. The molecule has 5 heteroatoms. The van der Waals surface area contributed by atoms with Crippen molar-refractivity contribution in [2.75, 3.05) is 13.2 Å². The molecule has 0 aromatic heterocycles. The molecule has 1 aromatic rings. The second-order valence-corrected chi connectivity index (χ2v) is 4.78. The molecule has 1 aliphatic carbocycles. The number of ether oxygens (including phenoxy) is 1. The van der Waals surface area contributed by atoms with Gasteiger partial charge in [-0.05, 0) is 25.0 Å². The highest BCUT2D eigenvalue weighted by Gasteiger charge is 2.25. The van der Waals surface area contributed by atoms with Crippen LogP contribution in [0.2, 0.25) is 0 Å². The number of carbonyl (C=O) groups is 1. The Labute approximate surface area is 111 Å². The number of benzene rings is 1. The van der Waals surface area contributed by atoms with E-state index in [0.29, 0.717) is 6.54 Å². The molecule has 0 saturated heterocycles. The Balaban J connectivity index is 1.71. The van der Waals surface area contributed by atoms with Crippen molar-refractivity contribution in [1.82, 2.24) is 5.32 Å². The molecule has 1 aliphatic rings. The van der Waals surface area contributed by atoms with Crippen LogP contribution < -0.4 is 10.1 Å². The van der Waals surface area contributed by atoms with E-state index < -0.39 is 5.82 Å². The van der Waals surface area contributed by atoms with Crippen LogP contribution >= 0.6 is 0 Å². The molecule has 0 spiro atoms. The molecular formula is C14H18FNO3. The topological polar surface area (TPSA) is 58.6 Å².